The largest absolute Gasteiger partial charge is 0.490 e. The molecule has 1 aliphatic rings. The fourth-order valence-corrected chi connectivity index (χ4v) is 3.68. The highest BCUT2D eigenvalue weighted by atomic mass is 35.5. The summed E-state index contributed by atoms with van der Waals surface area (Å²) < 4.78 is 13.3. The molecule has 1 unspecified atom stereocenters. The number of ether oxygens (including phenoxy) is 2. The zero-order chi connectivity index (χ0) is 18.1. The second kappa shape index (κ2) is 7.48. The molecule has 0 bridgehead atoms. The Kier molecular flexibility index (Phi) is 5.09. The normalized spacial score (nSPS) is 17.7. The zero-order valence-corrected chi connectivity index (χ0v) is 15.6. The van der Waals surface area contributed by atoms with E-state index < -0.39 is 0 Å². The van der Waals surface area contributed by atoms with E-state index >= 15 is 0 Å². The molecule has 4 rings (SSSR count). The zero-order valence-electron chi connectivity index (χ0n) is 14.0. The Hall–Kier alpha value is -1.73. The molecule has 2 aromatic heterocycles. The van der Waals surface area contributed by atoms with Gasteiger partial charge >= 0.3 is 0 Å². The van der Waals surface area contributed by atoms with Crippen LogP contribution in [0.4, 0.5) is 0 Å². The van der Waals surface area contributed by atoms with Gasteiger partial charge in [-0.25, -0.2) is 4.68 Å². The Bertz CT molecular complexity index is 916. The van der Waals surface area contributed by atoms with Crippen molar-refractivity contribution < 1.29 is 14.6 Å². The first-order valence-electron chi connectivity index (χ1n) is 8.58. The maximum absolute atomic E-state index is 9.09. The molecule has 3 heterocycles. The third-order valence-electron chi connectivity index (χ3n) is 4.53. The van der Waals surface area contributed by atoms with Crippen LogP contribution in [0.15, 0.2) is 24.7 Å². The van der Waals surface area contributed by atoms with Crippen LogP contribution in [0, 0.1) is 0 Å². The lowest BCUT2D eigenvalue weighted by Crippen LogP contribution is -2.18. The van der Waals surface area contributed by atoms with Gasteiger partial charge in [-0.2, -0.15) is 5.10 Å². The number of benzene rings is 1. The van der Waals surface area contributed by atoms with E-state index in [-0.39, 0.29) is 19.4 Å². The van der Waals surface area contributed by atoms with Crippen LogP contribution in [0.3, 0.4) is 0 Å². The smallest absolute Gasteiger partial charge is 0.150 e. The van der Waals surface area contributed by atoms with Gasteiger partial charge in [-0.3, -0.25) is 0 Å². The predicted octanol–water partition coefficient (Wildman–Crippen LogP) is 4.41. The summed E-state index contributed by atoms with van der Waals surface area (Å²) in [5.74, 6) is 0.571. The number of fused-ring (bicyclic) bond motifs is 1. The molecule has 0 saturated carbocycles. The van der Waals surface area contributed by atoms with Gasteiger partial charge in [0, 0.05) is 36.2 Å². The third-order valence-corrected chi connectivity index (χ3v) is 5.31. The monoisotopic (exact) mass is 395 g/mol. The first kappa shape index (κ1) is 17.7. The molecule has 0 amide bonds. The Morgan fingerprint density at radius 2 is 2.27 bits per heavy atom. The molecule has 138 valence electrons. The van der Waals surface area contributed by atoms with Crippen molar-refractivity contribution in [3.8, 4) is 16.9 Å². The van der Waals surface area contributed by atoms with E-state index in [1.807, 2.05) is 17.1 Å². The molecular weight excluding hydrogens is 377 g/mol. The Labute approximate surface area is 160 Å². The van der Waals surface area contributed by atoms with Crippen molar-refractivity contribution in [3.63, 3.8) is 0 Å². The summed E-state index contributed by atoms with van der Waals surface area (Å²) in [4.78, 5) is 3.17. The van der Waals surface area contributed by atoms with Crippen LogP contribution in [0.25, 0.3) is 22.0 Å². The van der Waals surface area contributed by atoms with Crippen molar-refractivity contribution in [2.75, 3.05) is 19.8 Å². The summed E-state index contributed by atoms with van der Waals surface area (Å²) in [6.07, 6.45) is 8.81. The number of nitrogens with one attached hydrogen (secondary N) is 1. The molecular formula is C18H19Cl2N3O3. The molecule has 1 aliphatic heterocycles. The van der Waals surface area contributed by atoms with Crippen molar-refractivity contribution in [1.82, 2.24) is 14.8 Å². The molecule has 8 heteroatoms. The second-order valence-corrected chi connectivity index (χ2v) is 7.01. The van der Waals surface area contributed by atoms with Crippen LogP contribution in [-0.2, 0) is 4.74 Å². The van der Waals surface area contributed by atoms with Gasteiger partial charge in [0.15, 0.2) is 0 Å². The topological polar surface area (TPSA) is 72.3 Å². The summed E-state index contributed by atoms with van der Waals surface area (Å²) in [5.41, 5.74) is 2.54. The van der Waals surface area contributed by atoms with Crippen LogP contribution in [-0.4, -0.2) is 39.7 Å². The lowest BCUT2D eigenvalue weighted by Gasteiger charge is -2.22. The summed E-state index contributed by atoms with van der Waals surface area (Å²) in [6, 6.07) is 1.67. The highest BCUT2D eigenvalue weighted by Crippen LogP contribution is 2.42. The number of halogens is 2. The van der Waals surface area contributed by atoms with E-state index in [0.29, 0.717) is 21.3 Å². The van der Waals surface area contributed by atoms with Gasteiger partial charge in [-0.1, -0.05) is 23.2 Å². The number of rotatable bonds is 5. The van der Waals surface area contributed by atoms with Gasteiger partial charge in [0.25, 0.3) is 0 Å². The highest BCUT2D eigenvalue weighted by molar-refractivity contribution is 6.45. The lowest BCUT2D eigenvalue weighted by molar-refractivity contribution is -0.0394. The van der Waals surface area contributed by atoms with Crippen LogP contribution in [0.1, 0.15) is 25.5 Å². The van der Waals surface area contributed by atoms with Crippen molar-refractivity contribution in [3.05, 3.63) is 34.7 Å². The van der Waals surface area contributed by atoms with Crippen LogP contribution >= 0.6 is 23.2 Å². The van der Waals surface area contributed by atoms with E-state index in [0.717, 1.165) is 42.4 Å². The first-order chi connectivity index (χ1) is 12.7. The van der Waals surface area contributed by atoms with Gasteiger partial charge in [-0.05, 0) is 19.3 Å². The number of aromatic amines is 1. The van der Waals surface area contributed by atoms with Crippen LogP contribution < -0.4 is 4.74 Å². The van der Waals surface area contributed by atoms with E-state index in [4.69, 9.17) is 37.8 Å². The second-order valence-electron chi connectivity index (χ2n) is 6.23. The van der Waals surface area contributed by atoms with E-state index in [2.05, 4.69) is 10.1 Å². The molecule has 1 fully saturated rings. The summed E-state index contributed by atoms with van der Waals surface area (Å²) in [5, 5.41) is 15.2. The number of aliphatic hydroxyl groups is 1. The van der Waals surface area contributed by atoms with Gasteiger partial charge in [0.2, 0.25) is 0 Å². The molecule has 0 radical (unpaired) electrons. The van der Waals surface area contributed by atoms with Crippen molar-refractivity contribution in [1.29, 1.82) is 0 Å². The van der Waals surface area contributed by atoms with Crippen LogP contribution in [0.2, 0.25) is 10.0 Å². The number of aliphatic hydroxyl groups excluding tert-OH is 1. The molecule has 26 heavy (non-hydrogen) atoms. The van der Waals surface area contributed by atoms with E-state index in [1.54, 1.807) is 12.3 Å². The first-order valence-corrected chi connectivity index (χ1v) is 9.33. The van der Waals surface area contributed by atoms with Crippen molar-refractivity contribution in [2.45, 2.75) is 25.5 Å². The summed E-state index contributed by atoms with van der Waals surface area (Å²) in [7, 11) is 0. The standard InChI is InChI=1S/C18H19Cl2N3O3/c19-13-7-14(25-6-4-24)16-12(9-21-18(16)17(13)20)11-8-22-23(10-11)15-3-1-2-5-26-15/h7-10,15,21,24H,1-6H2. The lowest BCUT2D eigenvalue weighted by atomic mass is 10.1. The quantitative estimate of drug-likeness (QED) is 0.670. The molecule has 2 N–H and O–H groups in total. The van der Waals surface area contributed by atoms with Crippen LogP contribution in [0.5, 0.6) is 5.75 Å². The Morgan fingerprint density at radius 3 is 3.04 bits per heavy atom. The Morgan fingerprint density at radius 1 is 1.38 bits per heavy atom. The molecule has 1 saturated heterocycles. The van der Waals surface area contributed by atoms with Gasteiger partial charge in [-0.15, -0.1) is 0 Å². The number of nitrogens with zero attached hydrogens (tertiary/aromatic N) is 2. The molecule has 3 aromatic rings. The summed E-state index contributed by atoms with van der Waals surface area (Å²) >= 11 is 12.6. The molecule has 0 aliphatic carbocycles. The van der Waals surface area contributed by atoms with Gasteiger partial charge < -0.3 is 19.6 Å². The van der Waals surface area contributed by atoms with Crippen molar-refractivity contribution in [2.24, 2.45) is 0 Å². The molecule has 1 aromatic carbocycles. The van der Waals surface area contributed by atoms with E-state index in [9.17, 15) is 0 Å². The maximum Gasteiger partial charge on any atom is 0.150 e. The maximum atomic E-state index is 9.09. The Balaban J connectivity index is 1.77. The number of H-pyrrole nitrogens is 1. The SMILES string of the molecule is OCCOc1cc(Cl)c(Cl)c2[nH]cc(-c3cnn(C4CCCCO4)c3)c12. The molecule has 6 nitrogen and oxygen atoms in total. The number of hydrogen-bond donors (Lipinski definition) is 2. The fourth-order valence-electron chi connectivity index (χ4n) is 3.29. The number of hydrogen-bond acceptors (Lipinski definition) is 4. The average Bonchev–Trinajstić information content (AvgIpc) is 3.31. The minimum Gasteiger partial charge on any atom is -0.490 e. The molecule has 0 spiro atoms. The van der Waals surface area contributed by atoms with Gasteiger partial charge in [0.1, 0.15) is 18.6 Å². The minimum atomic E-state index is -0.0849. The number of aromatic nitrogens is 3. The average molecular weight is 396 g/mol. The van der Waals surface area contributed by atoms with Crippen molar-refractivity contribution >= 4 is 34.1 Å². The van der Waals surface area contributed by atoms with Gasteiger partial charge in [0.05, 0.1) is 33.8 Å². The predicted molar refractivity (Wildman–Crippen MR) is 101 cm³/mol. The minimum absolute atomic E-state index is 0.0224. The fraction of sp³-hybridized carbons (Fsp3) is 0.389. The van der Waals surface area contributed by atoms with E-state index in [1.165, 1.54) is 0 Å². The molecule has 1 atom stereocenters. The third kappa shape index (κ3) is 3.18. The summed E-state index contributed by atoms with van der Waals surface area (Å²) in [6.45, 7) is 0.853. The highest BCUT2D eigenvalue weighted by Gasteiger charge is 2.20.